The number of imidazole rings is 1. The molecule has 0 bridgehead atoms. The summed E-state index contributed by atoms with van der Waals surface area (Å²) in [6, 6.07) is 6.16. The minimum absolute atomic E-state index is 0.0546. The fourth-order valence-corrected chi connectivity index (χ4v) is 3.14. The summed E-state index contributed by atoms with van der Waals surface area (Å²) in [6.45, 7) is 5.25. The lowest BCUT2D eigenvalue weighted by Gasteiger charge is -2.13. The molecule has 0 unspecified atom stereocenters. The summed E-state index contributed by atoms with van der Waals surface area (Å²) in [4.78, 5) is 15.5. The zero-order valence-corrected chi connectivity index (χ0v) is 12.5. The number of nitrogens with zero attached hydrogens (tertiary/aromatic N) is 2. The molecule has 3 rings (SSSR count). The highest BCUT2D eigenvalue weighted by Gasteiger charge is 2.38. The van der Waals surface area contributed by atoms with Gasteiger partial charge in [0.25, 0.3) is 0 Å². The van der Waals surface area contributed by atoms with Crippen molar-refractivity contribution >= 4 is 28.8 Å². The minimum atomic E-state index is -0.803. The maximum Gasteiger partial charge on any atom is 0.313 e. The summed E-state index contributed by atoms with van der Waals surface area (Å²) >= 11 is 1.31. The standard InChI is InChI=1S/C15H18N2O2S/c1-10-4-3-5-11-13(10)16-14(20-8-12(18)19)17(11)9-15(2)6-7-15/h3-5H,6-9H2,1-2H3,(H,18,19). The van der Waals surface area contributed by atoms with Gasteiger partial charge >= 0.3 is 5.97 Å². The lowest BCUT2D eigenvalue weighted by Crippen LogP contribution is -2.10. The van der Waals surface area contributed by atoms with Crippen LogP contribution in [0.2, 0.25) is 0 Å². The minimum Gasteiger partial charge on any atom is -0.481 e. The second kappa shape index (κ2) is 4.81. The Labute approximate surface area is 122 Å². The molecule has 1 fully saturated rings. The van der Waals surface area contributed by atoms with E-state index >= 15 is 0 Å². The Morgan fingerprint density at radius 1 is 1.50 bits per heavy atom. The van der Waals surface area contributed by atoms with Gasteiger partial charge in [-0.25, -0.2) is 4.98 Å². The maximum absolute atomic E-state index is 10.8. The number of thioether (sulfide) groups is 1. The number of rotatable bonds is 5. The molecule has 1 N–H and O–H groups in total. The van der Waals surface area contributed by atoms with Crippen LogP contribution in [0.3, 0.4) is 0 Å². The topological polar surface area (TPSA) is 55.1 Å². The van der Waals surface area contributed by atoms with Crippen LogP contribution < -0.4 is 0 Å². The van der Waals surface area contributed by atoms with E-state index in [2.05, 4.69) is 22.5 Å². The second-order valence-corrected chi connectivity index (χ2v) is 6.86. The molecule has 0 radical (unpaired) electrons. The van der Waals surface area contributed by atoms with Gasteiger partial charge in [-0.05, 0) is 36.8 Å². The zero-order chi connectivity index (χ0) is 14.3. The Balaban J connectivity index is 2.03. The van der Waals surface area contributed by atoms with Gasteiger partial charge in [0, 0.05) is 6.54 Å². The van der Waals surface area contributed by atoms with Crippen LogP contribution in [0.15, 0.2) is 23.4 Å². The Morgan fingerprint density at radius 2 is 2.25 bits per heavy atom. The number of aliphatic carboxylic acids is 1. The highest BCUT2D eigenvalue weighted by molar-refractivity contribution is 7.99. The molecule has 0 atom stereocenters. The smallest absolute Gasteiger partial charge is 0.313 e. The van der Waals surface area contributed by atoms with Crippen LogP contribution in [0, 0.1) is 12.3 Å². The van der Waals surface area contributed by atoms with Gasteiger partial charge < -0.3 is 9.67 Å². The average molecular weight is 290 g/mol. The number of para-hydroxylation sites is 1. The number of carboxylic acid groups (broad SMARTS) is 1. The summed E-state index contributed by atoms with van der Waals surface area (Å²) in [5, 5.41) is 9.71. The molecule has 1 aliphatic carbocycles. The summed E-state index contributed by atoms with van der Waals surface area (Å²) in [6.07, 6.45) is 2.48. The summed E-state index contributed by atoms with van der Waals surface area (Å²) in [5.74, 6) is -0.748. The molecule has 1 aromatic carbocycles. The monoisotopic (exact) mass is 290 g/mol. The number of benzene rings is 1. The SMILES string of the molecule is Cc1cccc2c1nc(SCC(=O)O)n2CC1(C)CC1. The van der Waals surface area contributed by atoms with Gasteiger partial charge in [-0.2, -0.15) is 0 Å². The number of aromatic nitrogens is 2. The second-order valence-electron chi connectivity index (χ2n) is 5.92. The molecule has 4 nitrogen and oxygen atoms in total. The van der Waals surface area contributed by atoms with E-state index in [1.165, 1.54) is 24.6 Å². The van der Waals surface area contributed by atoms with Crippen molar-refractivity contribution in [3.05, 3.63) is 23.8 Å². The molecule has 1 saturated carbocycles. The van der Waals surface area contributed by atoms with E-state index in [-0.39, 0.29) is 5.75 Å². The summed E-state index contributed by atoms with van der Waals surface area (Å²) < 4.78 is 2.20. The van der Waals surface area contributed by atoms with Crippen LogP contribution in [0.5, 0.6) is 0 Å². The van der Waals surface area contributed by atoms with Crippen molar-refractivity contribution in [2.45, 2.75) is 38.4 Å². The molecule has 1 aromatic heterocycles. The molecule has 106 valence electrons. The average Bonchev–Trinajstić information content (AvgIpc) is 3.01. The molecular formula is C15H18N2O2S. The predicted molar refractivity (Wildman–Crippen MR) is 80.2 cm³/mol. The lowest BCUT2D eigenvalue weighted by molar-refractivity contribution is -0.133. The first kappa shape index (κ1) is 13.5. The first-order valence-electron chi connectivity index (χ1n) is 6.79. The zero-order valence-electron chi connectivity index (χ0n) is 11.7. The van der Waals surface area contributed by atoms with E-state index in [9.17, 15) is 4.79 Å². The fourth-order valence-electron chi connectivity index (χ4n) is 2.41. The molecule has 2 aromatic rings. The van der Waals surface area contributed by atoms with E-state index in [1.54, 1.807) is 0 Å². The van der Waals surface area contributed by atoms with Gasteiger partial charge in [-0.3, -0.25) is 4.79 Å². The van der Waals surface area contributed by atoms with Crippen molar-refractivity contribution in [3.8, 4) is 0 Å². The van der Waals surface area contributed by atoms with Crippen LogP contribution in [-0.4, -0.2) is 26.4 Å². The normalized spacial score (nSPS) is 16.5. The number of carbonyl (C=O) groups is 1. The van der Waals surface area contributed by atoms with Gasteiger partial charge in [0.15, 0.2) is 5.16 Å². The predicted octanol–water partition coefficient (Wildman–Crippen LogP) is 3.32. The van der Waals surface area contributed by atoms with Crippen molar-refractivity contribution < 1.29 is 9.90 Å². The Morgan fingerprint density at radius 3 is 2.90 bits per heavy atom. The number of carboxylic acids is 1. The van der Waals surface area contributed by atoms with E-state index in [0.717, 1.165) is 28.3 Å². The number of fused-ring (bicyclic) bond motifs is 1. The summed E-state index contributed by atoms with van der Waals surface area (Å²) in [7, 11) is 0. The maximum atomic E-state index is 10.8. The molecule has 0 aliphatic heterocycles. The van der Waals surface area contributed by atoms with Crippen molar-refractivity contribution in [1.29, 1.82) is 0 Å². The quantitative estimate of drug-likeness (QED) is 0.858. The molecule has 1 heterocycles. The van der Waals surface area contributed by atoms with Gasteiger partial charge in [0.1, 0.15) is 0 Å². The van der Waals surface area contributed by atoms with Crippen LogP contribution in [0.25, 0.3) is 11.0 Å². The Bertz CT molecular complexity index is 674. The van der Waals surface area contributed by atoms with Crippen molar-refractivity contribution in [2.75, 3.05) is 5.75 Å². The molecule has 0 spiro atoms. The third kappa shape index (κ3) is 2.54. The lowest BCUT2D eigenvalue weighted by atomic mass is 10.1. The fraction of sp³-hybridized carbons (Fsp3) is 0.467. The largest absolute Gasteiger partial charge is 0.481 e. The van der Waals surface area contributed by atoms with E-state index in [0.29, 0.717) is 5.41 Å². The molecule has 0 amide bonds. The van der Waals surface area contributed by atoms with Gasteiger partial charge in [-0.1, -0.05) is 30.8 Å². The van der Waals surface area contributed by atoms with Crippen molar-refractivity contribution in [3.63, 3.8) is 0 Å². The van der Waals surface area contributed by atoms with Crippen LogP contribution >= 0.6 is 11.8 Å². The number of hydrogen-bond donors (Lipinski definition) is 1. The highest BCUT2D eigenvalue weighted by atomic mass is 32.2. The first-order chi connectivity index (χ1) is 9.48. The first-order valence-corrected chi connectivity index (χ1v) is 7.78. The van der Waals surface area contributed by atoms with Crippen LogP contribution in [-0.2, 0) is 11.3 Å². The molecule has 0 saturated heterocycles. The van der Waals surface area contributed by atoms with E-state index in [1.807, 2.05) is 19.1 Å². The Hall–Kier alpha value is -1.49. The number of hydrogen-bond acceptors (Lipinski definition) is 3. The van der Waals surface area contributed by atoms with Crippen molar-refractivity contribution in [2.24, 2.45) is 5.41 Å². The van der Waals surface area contributed by atoms with Gasteiger partial charge in [0.05, 0.1) is 16.8 Å². The summed E-state index contributed by atoms with van der Waals surface area (Å²) in [5.41, 5.74) is 3.60. The molecular weight excluding hydrogens is 272 g/mol. The van der Waals surface area contributed by atoms with Crippen LogP contribution in [0.1, 0.15) is 25.3 Å². The third-order valence-corrected chi connectivity index (χ3v) is 4.87. The van der Waals surface area contributed by atoms with Crippen LogP contribution in [0.4, 0.5) is 0 Å². The number of aryl methyl sites for hydroxylation is 1. The van der Waals surface area contributed by atoms with E-state index in [4.69, 9.17) is 5.11 Å². The van der Waals surface area contributed by atoms with Gasteiger partial charge in [0.2, 0.25) is 0 Å². The molecule has 5 heteroatoms. The molecule has 20 heavy (non-hydrogen) atoms. The third-order valence-electron chi connectivity index (χ3n) is 3.91. The van der Waals surface area contributed by atoms with E-state index < -0.39 is 5.97 Å². The van der Waals surface area contributed by atoms with Gasteiger partial charge in [-0.15, -0.1) is 0 Å². The Kier molecular flexibility index (Phi) is 3.24. The van der Waals surface area contributed by atoms with Crippen molar-refractivity contribution in [1.82, 2.24) is 9.55 Å². The molecule has 1 aliphatic rings. The highest BCUT2D eigenvalue weighted by Crippen LogP contribution is 2.47.